The molecule has 0 aliphatic carbocycles. The molecule has 2 heterocycles. The van der Waals surface area contributed by atoms with Gasteiger partial charge in [-0.05, 0) is 30.5 Å². The van der Waals surface area contributed by atoms with Gasteiger partial charge >= 0.3 is 0 Å². The highest BCUT2D eigenvalue weighted by Crippen LogP contribution is 2.14. The molecule has 0 unspecified atom stereocenters. The lowest BCUT2D eigenvalue weighted by Gasteiger charge is -2.34. The predicted octanol–water partition coefficient (Wildman–Crippen LogP) is 2.01. The first kappa shape index (κ1) is 17.3. The SMILES string of the molecule is O=C(CCN1CCCCO1)N1CCO[C@@H](Cc2cccc(F)c2)C1. The zero-order valence-corrected chi connectivity index (χ0v) is 14.0. The van der Waals surface area contributed by atoms with Gasteiger partial charge in [-0.1, -0.05) is 12.1 Å². The van der Waals surface area contributed by atoms with Crippen LogP contribution in [0.3, 0.4) is 0 Å². The Labute approximate surface area is 142 Å². The van der Waals surface area contributed by atoms with E-state index in [0.717, 1.165) is 31.6 Å². The molecule has 24 heavy (non-hydrogen) atoms. The summed E-state index contributed by atoms with van der Waals surface area (Å²) in [7, 11) is 0. The predicted molar refractivity (Wildman–Crippen MR) is 87.8 cm³/mol. The molecule has 2 aliphatic heterocycles. The van der Waals surface area contributed by atoms with Gasteiger partial charge in [-0.2, -0.15) is 5.06 Å². The average molecular weight is 336 g/mol. The molecule has 2 saturated heterocycles. The van der Waals surface area contributed by atoms with E-state index in [1.165, 1.54) is 12.1 Å². The zero-order valence-electron chi connectivity index (χ0n) is 14.0. The summed E-state index contributed by atoms with van der Waals surface area (Å²) < 4.78 is 19.0. The molecule has 3 rings (SSSR count). The molecular formula is C18H25FN2O3. The van der Waals surface area contributed by atoms with Crippen LogP contribution >= 0.6 is 0 Å². The molecule has 0 bridgehead atoms. The number of rotatable bonds is 5. The van der Waals surface area contributed by atoms with Crippen LogP contribution < -0.4 is 0 Å². The molecule has 0 saturated carbocycles. The number of morpholine rings is 1. The molecule has 2 aliphatic rings. The van der Waals surface area contributed by atoms with Gasteiger partial charge in [0.25, 0.3) is 0 Å². The largest absolute Gasteiger partial charge is 0.374 e. The first-order valence-corrected chi connectivity index (χ1v) is 8.72. The molecule has 5 nitrogen and oxygen atoms in total. The van der Waals surface area contributed by atoms with E-state index in [2.05, 4.69) is 0 Å². The molecule has 132 valence electrons. The summed E-state index contributed by atoms with van der Waals surface area (Å²) in [6.07, 6.45) is 3.23. The molecule has 0 aromatic heterocycles. The highest BCUT2D eigenvalue weighted by atomic mass is 19.1. The summed E-state index contributed by atoms with van der Waals surface area (Å²) in [6, 6.07) is 6.55. The van der Waals surface area contributed by atoms with Crippen molar-refractivity contribution in [1.29, 1.82) is 0 Å². The Balaban J connectivity index is 1.46. The molecule has 6 heteroatoms. The van der Waals surface area contributed by atoms with E-state index in [-0.39, 0.29) is 17.8 Å². The average Bonchev–Trinajstić information content (AvgIpc) is 2.61. The number of hydrogen-bond acceptors (Lipinski definition) is 4. The van der Waals surface area contributed by atoms with Gasteiger partial charge in [0.15, 0.2) is 0 Å². The third-order valence-corrected chi connectivity index (χ3v) is 4.49. The second-order valence-corrected chi connectivity index (χ2v) is 6.39. The summed E-state index contributed by atoms with van der Waals surface area (Å²) in [4.78, 5) is 19.8. The summed E-state index contributed by atoms with van der Waals surface area (Å²) in [5.41, 5.74) is 0.899. The van der Waals surface area contributed by atoms with Crippen LogP contribution in [-0.4, -0.2) is 61.4 Å². The second kappa shape index (κ2) is 8.55. The highest BCUT2D eigenvalue weighted by molar-refractivity contribution is 5.76. The molecule has 1 atom stereocenters. The minimum atomic E-state index is -0.238. The van der Waals surface area contributed by atoms with Crippen LogP contribution in [0.1, 0.15) is 24.8 Å². The molecule has 1 amide bonds. The van der Waals surface area contributed by atoms with Crippen molar-refractivity contribution in [3.8, 4) is 0 Å². The van der Waals surface area contributed by atoms with Crippen LogP contribution in [0.5, 0.6) is 0 Å². The summed E-state index contributed by atoms with van der Waals surface area (Å²) in [6.45, 7) is 4.02. The maximum atomic E-state index is 13.3. The third-order valence-electron chi connectivity index (χ3n) is 4.49. The molecule has 1 aromatic carbocycles. The number of nitrogens with zero attached hydrogens (tertiary/aromatic N) is 2. The van der Waals surface area contributed by atoms with Gasteiger partial charge in [0, 0.05) is 39.0 Å². The number of benzene rings is 1. The van der Waals surface area contributed by atoms with Crippen LogP contribution in [-0.2, 0) is 20.8 Å². The number of carbonyl (C=O) groups excluding carboxylic acids is 1. The number of hydroxylamine groups is 2. The van der Waals surface area contributed by atoms with Gasteiger partial charge in [-0.15, -0.1) is 0 Å². The third kappa shape index (κ3) is 5.00. The van der Waals surface area contributed by atoms with E-state index >= 15 is 0 Å². The van der Waals surface area contributed by atoms with Crippen molar-refractivity contribution in [2.75, 3.05) is 39.4 Å². The maximum Gasteiger partial charge on any atom is 0.224 e. The van der Waals surface area contributed by atoms with Crippen LogP contribution in [0.15, 0.2) is 24.3 Å². The van der Waals surface area contributed by atoms with Crippen molar-refractivity contribution in [2.45, 2.75) is 31.8 Å². The highest BCUT2D eigenvalue weighted by Gasteiger charge is 2.25. The topological polar surface area (TPSA) is 42.0 Å². The van der Waals surface area contributed by atoms with Crippen molar-refractivity contribution in [3.63, 3.8) is 0 Å². The lowest BCUT2D eigenvalue weighted by Crippen LogP contribution is -2.47. The standard InChI is InChI=1S/C18H25FN2O3/c19-16-5-3-4-15(12-16)13-17-14-20(9-11-23-17)18(22)6-8-21-7-1-2-10-24-21/h3-5,12,17H,1-2,6-11,13-14H2/t17-/m0/s1. The summed E-state index contributed by atoms with van der Waals surface area (Å²) >= 11 is 0. The molecule has 0 radical (unpaired) electrons. The molecule has 0 N–H and O–H groups in total. The Morgan fingerprint density at radius 2 is 2.17 bits per heavy atom. The minimum Gasteiger partial charge on any atom is -0.374 e. The second-order valence-electron chi connectivity index (χ2n) is 6.39. The normalized spacial score (nSPS) is 22.5. The Kier molecular flexibility index (Phi) is 6.18. The molecular weight excluding hydrogens is 311 g/mol. The first-order valence-electron chi connectivity index (χ1n) is 8.72. The fourth-order valence-corrected chi connectivity index (χ4v) is 3.20. The van der Waals surface area contributed by atoms with E-state index in [4.69, 9.17) is 9.57 Å². The lowest BCUT2D eigenvalue weighted by molar-refractivity contribution is -0.183. The maximum absolute atomic E-state index is 13.3. The van der Waals surface area contributed by atoms with E-state index in [0.29, 0.717) is 39.1 Å². The number of ether oxygens (including phenoxy) is 1. The van der Waals surface area contributed by atoms with Crippen LogP contribution in [0.25, 0.3) is 0 Å². The number of carbonyl (C=O) groups is 1. The van der Waals surface area contributed by atoms with Crippen molar-refractivity contribution in [1.82, 2.24) is 9.96 Å². The number of amides is 1. The monoisotopic (exact) mass is 336 g/mol. The van der Waals surface area contributed by atoms with Gasteiger partial charge in [-0.25, -0.2) is 4.39 Å². The Morgan fingerprint density at radius 3 is 2.96 bits per heavy atom. The van der Waals surface area contributed by atoms with E-state index in [1.807, 2.05) is 16.0 Å². The Morgan fingerprint density at radius 1 is 1.25 bits per heavy atom. The smallest absolute Gasteiger partial charge is 0.224 e. The van der Waals surface area contributed by atoms with Crippen molar-refractivity contribution < 1.29 is 18.8 Å². The molecule has 1 aromatic rings. The molecule has 2 fully saturated rings. The fourth-order valence-electron chi connectivity index (χ4n) is 3.20. The zero-order chi connectivity index (χ0) is 16.8. The Hall–Kier alpha value is -1.50. The Bertz CT molecular complexity index is 549. The summed E-state index contributed by atoms with van der Waals surface area (Å²) in [5, 5.41) is 1.89. The number of hydrogen-bond donors (Lipinski definition) is 0. The van der Waals surface area contributed by atoms with Crippen molar-refractivity contribution in [3.05, 3.63) is 35.6 Å². The van der Waals surface area contributed by atoms with E-state index in [9.17, 15) is 9.18 Å². The summed E-state index contributed by atoms with van der Waals surface area (Å²) in [5.74, 6) is -0.102. The van der Waals surface area contributed by atoms with Crippen LogP contribution in [0, 0.1) is 5.82 Å². The van der Waals surface area contributed by atoms with Gasteiger partial charge in [-0.3, -0.25) is 9.63 Å². The first-order chi connectivity index (χ1) is 11.7. The van der Waals surface area contributed by atoms with Gasteiger partial charge in [0.1, 0.15) is 5.82 Å². The van der Waals surface area contributed by atoms with Crippen molar-refractivity contribution >= 4 is 5.91 Å². The van der Waals surface area contributed by atoms with Gasteiger partial charge in [0.2, 0.25) is 5.91 Å². The van der Waals surface area contributed by atoms with Gasteiger partial charge < -0.3 is 9.64 Å². The van der Waals surface area contributed by atoms with Gasteiger partial charge in [0.05, 0.1) is 19.3 Å². The quantitative estimate of drug-likeness (QED) is 0.825. The minimum absolute atomic E-state index is 0.0734. The lowest BCUT2D eigenvalue weighted by atomic mass is 10.1. The number of halogens is 1. The van der Waals surface area contributed by atoms with Crippen molar-refractivity contribution in [2.24, 2.45) is 0 Å². The molecule has 0 spiro atoms. The van der Waals surface area contributed by atoms with Crippen LogP contribution in [0.4, 0.5) is 4.39 Å². The van der Waals surface area contributed by atoms with Crippen LogP contribution in [0.2, 0.25) is 0 Å². The fraction of sp³-hybridized carbons (Fsp3) is 0.611. The van der Waals surface area contributed by atoms with E-state index in [1.54, 1.807) is 6.07 Å². The van der Waals surface area contributed by atoms with E-state index < -0.39 is 0 Å².